The highest BCUT2D eigenvalue weighted by Gasteiger charge is 2.24. The third kappa shape index (κ3) is 2.26. The van der Waals surface area contributed by atoms with Gasteiger partial charge in [0.15, 0.2) is 0 Å². The minimum atomic E-state index is 0.307. The molecule has 0 atom stereocenters. The summed E-state index contributed by atoms with van der Waals surface area (Å²) in [6.45, 7) is 0. The number of aryl methyl sites for hydroxylation is 1. The molecule has 2 heteroatoms. The molecule has 3 aromatic carbocycles. The molecule has 0 saturated heterocycles. The molecule has 1 N–H and O–H groups in total. The van der Waals surface area contributed by atoms with Crippen molar-refractivity contribution in [1.29, 1.82) is 0 Å². The van der Waals surface area contributed by atoms with E-state index in [-0.39, 0.29) is 0 Å². The Hall–Kier alpha value is -3.26. The normalized spacial score (nSPS) is 12.5. The summed E-state index contributed by atoms with van der Waals surface area (Å²) < 4.78 is 2.23. The molecule has 0 saturated carbocycles. The van der Waals surface area contributed by atoms with Crippen LogP contribution in [0.4, 0.5) is 0 Å². The largest absolute Gasteiger partial charge is 0.506 e. The minimum Gasteiger partial charge on any atom is -0.506 e. The average molecular weight is 337 g/mol. The highest BCUT2D eigenvalue weighted by molar-refractivity contribution is 5.80. The maximum Gasteiger partial charge on any atom is 0.139 e. The smallest absolute Gasteiger partial charge is 0.139 e. The number of fused-ring (bicyclic) bond motifs is 3. The van der Waals surface area contributed by atoms with Crippen LogP contribution in [0.15, 0.2) is 84.9 Å². The van der Waals surface area contributed by atoms with Gasteiger partial charge < -0.3 is 9.67 Å². The summed E-state index contributed by atoms with van der Waals surface area (Å²) in [5.74, 6) is 0.307. The summed E-state index contributed by atoms with van der Waals surface area (Å²) in [6, 6.07) is 28.9. The number of hydrogen-bond donors (Lipinski definition) is 1. The number of nitrogens with zero attached hydrogens (tertiary/aromatic N) is 1. The fourth-order valence-corrected chi connectivity index (χ4v) is 4.03. The van der Waals surface area contributed by atoms with Gasteiger partial charge in [-0.25, -0.2) is 0 Å². The molecule has 0 radical (unpaired) electrons. The Labute approximate surface area is 153 Å². The number of benzene rings is 3. The molecule has 0 spiro atoms. The SMILES string of the molecule is Oc1ccccc1-n1c(-c2ccccc2)cc2c1CCc1ccccc1-2. The molecule has 1 aliphatic rings. The van der Waals surface area contributed by atoms with Gasteiger partial charge in [-0.15, -0.1) is 0 Å². The molecule has 126 valence electrons. The van der Waals surface area contributed by atoms with Crippen molar-refractivity contribution in [2.45, 2.75) is 12.8 Å². The van der Waals surface area contributed by atoms with Crippen molar-refractivity contribution in [3.8, 4) is 33.8 Å². The van der Waals surface area contributed by atoms with Gasteiger partial charge >= 0.3 is 0 Å². The zero-order chi connectivity index (χ0) is 17.5. The molecule has 0 aliphatic heterocycles. The standard InChI is InChI=1S/C24H19NO/c26-24-13-7-6-12-22(24)25-21-15-14-17-8-4-5-11-19(17)20(21)16-23(25)18-9-2-1-3-10-18/h1-13,16,26H,14-15H2. The van der Waals surface area contributed by atoms with E-state index in [0.29, 0.717) is 5.75 Å². The fraction of sp³-hybridized carbons (Fsp3) is 0.0833. The second-order valence-corrected chi connectivity index (χ2v) is 6.74. The predicted octanol–water partition coefficient (Wildman–Crippen LogP) is 5.62. The molecule has 26 heavy (non-hydrogen) atoms. The van der Waals surface area contributed by atoms with E-state index >= 15 is 0 Å². The van der Waals surface area contributed by atoms with Crippen LogP contribution < -0.4 is 0 Å². The van der Waals surface area contributed by atoms with Crippen LogP contribution in [-0.2, 0) is 12.8 Å². The minimum absolute atomic E-state index is 0.307. The first-order chi connectivity index (χ1) is 12.8. The molecule has 0 unspecified atom stereocenters. The lowest BCUT2D eigenvalue weighted by Gasteiger charge is -2.20. The monoisotopic (exact) mass is 337 g/mol. The van der Waals surface area contributed by atoms with Crippen molar-refractivity contribution in [1.82, 2.24) is 4.57 Å². The number of aromatic nitrogens is 1. The van der Waals surface area contributed by atoms with Crippen LogP contribution in [-0.4, -0.2) is 9.67 Å². The number of rotatable bonds is 2. The number of para-hydroxylation sites is 2. The average Bonchev–Trinajstić information content (AvgIpc) is 3.09. The van der Waals surface area contributed by atoms with Gasteiger partial charge in [0.05, 0.1) is 11.4 Å². The Balaban J connectivity index is 1.84. The predicted molar refractivity (Wildman–Crippen MR) is 106 cm³/mol. The van der Waals surface area contributed by atoms with Crippen molar-refractivity contribution in [2.75, 3.05) is 0 Å². The van der Waals surface area contributed by atoms with Crippen LogP contribution >= 0.6 is 0 Å². The number of phenols is 1. The van der Waals surface area contributed by atoms with Crippen molar-refractivity contribution in [3.05, 3.63) is 96.2 Å². The molecule has 1 heterocycles. The van der Waals surface area contributed by atoms with E-state index in [4.69, 9.17) is 0 Å². The van der Waals surface area contributed by atoms with E-state index < -0.39 is 0 Å². The Morgan fingerprint density at radius 2 is 1.42 bits per heavy atom. The fourth-order valence-electron chi connectivity index (χ4n) is 4.03. The second-order valence-electron chi connectivity index (χ2n) is 6.74. The first-order valence-electron chi connectivity index (χ1n) is 8.99. The molecule has 5 rings (SSSR count). The van der Waals surface area contributed by atoms with E-state index in [2.05, 4.69) is 59.2 Å². The molecule has 4 aromatic rings. The quantitative estimate of drug-likeness (QED) is 0.505. The van der Waals surface area contributed by atoms with E-state index in [1.54, 1.807) is 6.07 Å². The molecular formula is C24H19NO. The maximum atomic E-state index is 10.5. The van der Waals surface area contributed by atoms with Gasteiger partial charge in [0.1, 0.15) is 5.75 Å². The molecule has 0 amide bonds. The molecular weight excluding hydrogens is 318 g/mol. The molecule has 0 fully saturated rings. The molecule has 2 nitrogen and oxygen atoms in total. The summed E-state index contributed by atoms with van der Waals surface area (Å²) in [5.41, 5.74) is 8.36. The summed E-state index contributed by atoms with van der Waals surface area (Å²) >= 11 is 0. The molecule has 0 bridgehead atoms. The number of phenolic OH excluding ortho intramolecular Hbond substituents is 1. The summed E-state index contributed by atoms with van der Waals surface area (Å²) in [6.07, 6.45) is 1.99. The number of hydrogen-bond acceptors (Lipinski definition) is 1. The van der Waals surface area contributed by atoms with Crippen LogP contribution in [0.25, 0.3) is 28.1 Å². The zero-order valence-corrected chi connectivity index (χ0v) is 14.4. The first kappa shape index (κ1) is 15.0. The molecule has 1 aliphatic carbocycles. The third-order valence-corrected chi connectivity index (χ3v) is 5.23. The Bertz CT molecular complexity index is 1090. The van der Waals surface area contributed by atoms with Gasteiger partial charge in [-0.05, 0) is 47.7 Å². The highest BCUT2D eigenvalue weighted by Crippen LogP contribution is 2.41. The first-order valence-corrected chi connectivity index (χ1v) is 8.99. The van der Waals surface area contributed by atoms with Crippen LogP contribution in [0.2, 0.25) is 0 Å². The summed E-state index contributed by atoms with van der Waals surface area (Å²) in [5, 5.41) is 10.5. The second kappa shape index (κ2) is 5.92. The van der Waals surface area contributed by atoms with Crippen LogP contribution in [0, 0.1) is 0 Å². The van der Waals surface area contributed by atoms with E-state index in [1.165, 1.54) is 22.4 Å². The van der Waals surface area contributed by atoms with Gasteiger partial charge in [0.2, 0.25) is 0 Å². The van der Waals surface area contributed by atoms with E-state index in [0.717, 1.165) is 29.8 Å². The topological polar surface area (TPSA) is 25.2 Å². The lowest BCUT2D eigenvalue weighted by molar-refractivity contribution is 0.472. The van der Waals surface area contributed by atoms with E-state index in [9.17, 15) is 5.11 Å². The van der Waals surface area contributed by atoms with Crippen LogP contribution in [0.1, 0.15) is 11.3 Å². The van der Waals surface area contributed by atoms with Gasteiger partial charge in [0, 0.05) is 11.3 Å². The van der Waals surface area contributed by atoms with Crippen molar-refractivity contribution >= 4 is 0 Å². The van der Waals surface area contributed by atoms with Gasteiger partial charge in [0.25, 0.3) is 0 Å². The zero-order valence-electron chi connectivity index (χ0n) is 14.4. The van der Waals surface area contributed by atoms with E-state index in [1.807, 2.05) is 24.3 Å². The van der Waals surface area contributed by atoms with Crippen molar-refractivity contribution < 1.29 is 5.11 Å². The van der Waals surface area contributed by atoms with Gasteiger partial charge in [-0.2, -0.15) is 0 Å². The van der Waals surface area contributed by atoms with Crippen molar-refractivity contribution in [3.63, 3.8) is 0 Å². The maximum absolute atomic E-state index is 10.5. The third-order valence-electron chi connectivity index (χ3n) is 5.23. The van der Waals surface area contributed by atoms with Crippen molar-refractivity contribution in [2.24, 2.45) is 0 Å². The lowest BCUT2D eigenvalue weighted by Crippen LogP contribution is -2.08. The summed E-state index contributed by atoms with van der Waals surface area (Å²) in [7, 11) is 0. The number of aromatic hydroxyl groups is 1. The van der Waals surface area contributed by atoms with Crippen LogP contribution in [0.3, 0.4) is 0 Å². The molecule has 1 aromatic heterocycles. The Morgan fingerprint density at radius 3 is 2.27 bits per heavy atom. The summed E-state index contributed by atoms with van der Waals surface area (Å²) in [4.78, 5) is 0. The lowest BCUT2D eigenvalue weighted by atomic mass is 9.90. The van der Waals surface area contributed by atoms with Gasteiger partial charge in [-0.1, -0.05) is 66.7 Å². The highest BCUT2D eigenvalue weighted by atomic mass is 16.3. The van der Waals surface area contributed by atoms with Gasteiger partial charge in [-0.3, -0.25) is 0 Å². The van der Waals surface area contributed by atoms with Crippen LogP contribution in [0.5, 0.6) is 5.75 Å². The Morgan fingerprint density at radius 1 is 0.692 bits per heavy atom. The Kier molecular flexibility index (Phi) is 3.42.